The minimum absolute atomic E-state index is 0.00496. The average molecular weight is 517 g/mol. The molecule has 31 heavy (non-hydrogen) atoms. The minimum atomic E-state index is -4.59. The van der Waals surface area contributed by atoms with Crippen LogP contribution in [0, 0.1) is 5.92 Å². The summed E-state index contributed by atoms with van der Waals surface area (Å²) < 4.78 is 67.7. The van der Waals surface area contributed by atoms with Crippen molar-refractivity contribution in [3.05, 3.63) is 52.0 Å². The van der Waals surface area contributed by atoms with Crippen molar-refractivity contribution >= 4 is 43.2 Å². The summed E-state index contributed by atoms with van der Waals surface area (Å²) in [5.41, 5.74) is 0.421. The zero-order valence-electron chi connectivity index (χ0n) is 16.6. The van der Waals surface area contributed by atoms with Gasteiger partial charge in [0.05, 0.1) is 11.3 Å². The molecule has 1 saturated carbocycles. The van der Waals surface area contributed by atoms with Gasteiger partial charge in [0.25, 0.3) is 10.0 Å². The Labute approximate surface area is 187 Å². The number of alkyl halides is 3. The molecule has 2 aromatic rings. The number of sulfonamides is 1. The molecular weight excluding hydrogens is 497 g/mol. The van der Waals surface area contributed by atoms with Crippen LogP contribution in [0.1, 0.15) is 30.9 Å². The van der Waals surface area contributed by atoms with E-state index in [0.717, 1.165) is 34.8 Å². The Morgan fingerprint density at radius 3 is 2.55 bits per heavy atom. The van der Waals surface area contributed by atoms with Crippen molar-refractivity contribution < 1.29 is 26.4 Å². The van der Waals surface area contributed by atoms with Crippen molar-refractivity contribution in [2.24, 2.45) is 5.92 Å². The van der Waals surface area contributed by atoms with Crippen LogP contribution in [0.4, 0.5) is 24.5 Å². The third-order valence-corrected chi connectivity index (χ3v) is 8.40. The summed E-state index contributed by atoms with van der Waals surface area (Å²) in [6.07, 6.45) is -2.29. The molecule has 1 amide bonds. The smallest absolute Gasteiger partial charge is 0.312 e. The number of anilines is 2. The molecule has 5 nitrogen and oxygen atoms in total. The van der Waals surface area contributed by atoms with Crippen molar-refractivity contribution in [2.75, 3.05) is 22.3 Å². The summed E-state index contributed by atoms with van der Waals surface area (Å²) in [4.78, 5) is 14.1. The lowest BCUT2D eigenvalue weighted by Gasteiger charge is -2.25. The van der Waals surface area contributed by atoms with Gasteiger partial charge in [-0.3, -0.25) is 9.10 Å². The van der Waals surface area contributed by atoms with Crippen LogP contribution in [0.3, 0.4) is 0 Å². The molecule has 0 spiro atoms. The standard InChI is InChI=1S/C21H20BrF3N2O3S/c1-2-27(16-5-3-4-15(11-16)21(23,24)25)31(29,30)19-12-18-14(10-17(19)22)8-9-26(18)20(28)13-6-7-13/h3-5,10-13H,2,6-9H2,1H3. The Bertz CT molecular complexity index is 1150. The van der Waals surface area contributed by atoms with Crippen LogP contribution < -0.4 is 9.21 Å². The highest BCUT2D eigenvalue weighted by Gasteiger charge is 2.38. The fourth-order valence-electron chi connectivity index (χ4n) is 3.81. The number of halogens is 4. The number of carbonyl (C=O) groups excluding carboxylic acids is 1. The van der Waals surface area contributed by atoms with Crippen LogP contribution in [0.5, 0.6) is 0 Å². The number of hydrogen-bond acceptors (Lipinski definition) is 3. The molecule has 166 valence electrons. The van der Waals surface area contributed by atoms with Gasteiger partial charge in [0.1, 0.15) is 4.90 Å². The molecule has 0 saturated heterocycles. The van der Waals surface area contributed by atoms with Gasteiger partial charge in [-0.05, 0) is 78.0 Å². The average Bonchev–Trinajstić information content (AvgIpc) is 3.47. The molecule has 0 unspecified atom stereocenters. The number of carbonyl (C=O) groups is 1. The normalized spacial score (nSPS) is 16.4. The molecular formula is C21H20BrF3N2O3S. The predicted octanol–water partition coefficient (Wildman–Crippen LogP) is 4.98. The van der Waals surface area contributed by atoms with Crippen LogP contribution in [0.2, 0.25) is 0 Å². The monoisotopic (exact) mass is 516 g/mol. The van der Waals surface area contributed by atoms with E-state index in [2.05, 4.69) is 15.9 Å². The maximum Gasteiger partial charge on any atom is 0.416 e. The summed E-state index contributed by atoms with van der Waals surface area (Å²) >= 11 is 3.31. The topological polar surface area (TPSA) is 57.7 Å². The SMILES string of the molecule is CCN(c1cccc(C(F)(F)F)c1)S(=O)(=O)c1cc2c(cc1Br)CCN2C(=O)C1CC1. The van der Waals surface area contributed by atoms with Gasteiger partial charge >= 0.3 is 6.18 Å². The molecule has 0 bridgehead atoms. The molecule has 1 aliphatic carbocycles. The zero-order chi connectivity index (χ0) is 22.6. The van der Waals surface area contributed by atoms with Crippen LogP contribution in [-0.2, 0) is 27.4 Å². The van der Waals surface area contributed by atoms with Gasteiger partial charge in [-0.1, -0.05) is 6.07 Å². The van der Waals surface area contributed by atoms with E-state index in [-0.39, 0.29) is 29.0 Å². The van der Waals surface area contributed by atoms with Crippen molar-refractivity contribution in [3.63, 3.8) is 0 Å². The third-order valence-electron chi connectivity index (χ3n) is 5.54. The van der Waals surface area contributed by atoms with E-state index in [9.17, 15) is 26.4 Å². The van der Waals surface area contributed by atoms with Gasteiger partial charge in [0.2, 0.25) is 5.91 Å². The number of amides is 1. The van der Waals surface area contributed by atoms with Crippen molar-refractivity contribution in [2.45, 2.75) is 37.3 Å². The molecule has 1 aliphatic heterocycles. The van der Waals surface area contributed by atoms with E-state index in [1.54, 1.807) is 17.9 Å². The second-order valence-electron chi connectivity index (χ2n) is 7.64. The van der Waals surface area contributed by atoms with Crippen molar-refractivity contribution in [3.8, 4) is 0 Å². The Kier molecular flexibility index (Phi) is 5.58. The van der Waals surface area contributed by atoms with Crippen LogP contribution in [0.25, 0.3) is 0 Å². The summed E-state index contributed by atoms with van der Waals surface area (Å²) in [6.45, 7) is 1.99. The van der Waals surface area contributed by atoms with Gasteiger partial charge in [-0.25, -0.2) is 8.42 Å². The van der Waals surface area contributed by atoms with E-state index in [0.29, 0.717) is 23.1 Å². The molecule has 2 aliphatic rings. The lowest BCUT2D eigenvalue weighted by Crippen LogP contribution is -2.32. The molecule has 1 heterocycles. The number of benzene rings is 2. The summed E-state index contributed by atoms with van der Waals surface area (Å²) in [7, 11) is -4.19. The highest BCUT2D eigenvalue weighted by molar-refractivity contribution is 9.10. The summed E-state index contributed by atoms with van der Waals surface area (Å²) in [6, 6.07) is 7.38. The Morgan fingerprint density at radius 2 is 1.94 bits per heavy atom. The molecule has 1 fully saturated rings. The van der Waals surface area contributed by atoms with Gasteiger partial charge in [-0.15, -0.1) is 0 Å². The maximum absolute atomic E-state index is 13.5. The molecule has 0 aromatic heterocycles. The first-order chi connectivity index (χ1) is 14.5. The molecule has 2 aromatic carbocycles. The first-order valence-electron chi connectivity index (χ1n) is 9.88. The molecule has 10 heteroatoms. The van der Waals surface area contributed by atoms with E-state index >= 15 is 0 Å². The largest absolute Gasteiger partial charge is 0.416 e. The second kappa shape index (κ2) is 7.81. The van der Waals surface area contributed by atoms with Crippen LogP contribution >= 0.6 is 15.9 Å². The fourth-order valence-corrected chi connectivity index (χ4v) is 6.35. The maximum atomic E-state index is 13.5. The quantitative estimate of drug-likeness (QED) is 0.562. The molecule has 4 rings (SSSR count). The first-order valence-corrected chi connectivity index (χ1v) is 12.1. The summed E-state index contributed by atoms with van der Waals surface area (Å²) in [5.74, 6) is -0.0125. The Hall–Kier alpha value is -2.07. The predicted molar refractivity (Wildman–Crippen MR) is 115 cm³/mol. The number of hydrogen-bond donors (Lipinski definition) is 0. The fraction of sp³-hybridized carbons (Fsp3) is 0.381. The second-order valence-corrected chi connectivity index (χ2v) is 10.3. The van der Waals surface area contributed by atoms with E-state index in [1.165, 1.54) is 18.2 Å². The highest BCUT2D eigenvalue weighted by Crippen LogP contribution is 2.41. The zero-order valence-corrected chi connectivity index (χ0v) is 19.0. The minimum Gasteiger partial charge on any atom is -0.312 e. The summed E-state index contributed by atoms with van der Waals surface area (Å²) in [5, 5.41) is 0. The van der Waals surface area contributed by atoms with Gasteiger partial charge in [0.15, 0.2) is 0 Å². The van der Waals surface area contributed by atoms with Crippen LogP contribution in [0.15, 0.2) is 45.8 Å². The number of nitrogens with zero attached hydrogens (tertiary/aromatic N) is 2. The van der Waals surface area contributed by atoms with Crippen LogP contribution in [-0.4, -0.2) is 27.4 Å². The van der Waals surface area contributed by atoms with E-state index < -0.39 is 21.8 Å². The van der Waals surface area contributed by atoms with Gasteiger partial charge in [-0.2, -0.15) is 13.2 Å². The van der Waals surface area contributed by atoms with Crippen molar-refractivity contribution in [1.82, 2.24) is 0 Å². The Morgan fingerprint density at radius 1 is 1.23 bits per heavy atom. The highest BCUT2D eigenvalue weighted by atomic mass is 79.9. The third kappa shape index (κ3) is 4.07. The van der Waals surface area contributed by atoms with Gasteiger partial charge < -0.3 is 4.90 Å². The van der Waals surface area contributed by atoms with E-state index in [1.807, 2.05) is 0 Å². The molecule has 0 radical (unpaired) electrons. The molecule has 0 N–H and O–H groups in total. The van der Waals surface area contributed by atoms with Crippen molar-refractivity contribution in [1.29, 1.82) is 0 Å². The lowest BCUT2D eigenvalue weighted by atomic mass is 10.2. The number of fused-ring (bicyclic) bond motifs is 1. The van der Waals surface area contributed by atoms with E-state index in [4.69, 9.17) is 0 Å². The Balaban J connectivity index is 1.76. The van der Waals surface area contributed by atoms with Gasteiger partial charge in [0, 0.05) is 29.2 Å². The molecule has 0 atom stereocenters. The lowest BCUT2D eigenvalue weighted by molar-refractivity contribution is -0.137. The number of rotatable bonds is 5. The first kappa shape index (κ1) is 22.1.